The van der Waals surface area contributed by atoms with E-state index in [2.05, 4.69) is 10.1 Å². The first kappa shape index (κ1) is 15.4. The molecule has 0 spiro atoms. The minimum atomic E-state index is -3.40. The van der Waals surface area contributed by atoms with E-state index in [0.717, 1.165) is 0 Å². The van der Waals surface area contributed by atoms with E-state index in [0.29, 0.717) is 16.5 Å². The molecule has 112 valence electrons. The van der Waals surface area contributed by atoms with Crippen LogP contribution in [-0.4, -0.2) is 36.0 Å². The molecule has 1 heterocycles. The van der Waals surface area contributed by atoms with Gasteiger partial charge in [-0.05, 0) is 24.3 Å². The molecule has 0 amide bonds. The number of hydrogen-bond acceptors (Lipinski definition) is 7. The summed E-state index contributed by atoms with van der Waals surface area (Å²) in [4.78, 5) is 4.08. The third-order valence-electron chi connectivity index (χ3n) is 2.60. The molecule has 3 N–H and O–H groups in total. The number of oxazole rings is 1. The molecule has 1 aromatic heterocycles. The number of hydrogen-bond donors (Lipinski definition) is 2. The van der Waals surface area contributed by atoms with Crippen LogP contribution in [-0.2, 0) is 9.84 Å². The van der Waals surface area contributed by atoms with E-state index in [1.54, 1.807) is 0 Å². The molecule has 0 fully saturated rings. The second-order valence-electron chi connectivity index (χ2n) is 3.97. The van der Waals surface area contributed by atoms with Gasteiger partial charge in [0.2, 0.25) is 0 Å². The third-order valence-corrected chi connectivity index (χ3v) is 5.45. The van der Waals surface area contributed by atoms with Crippen molar-refractivity contribution >= 4 is 27.4 Å². The van der Waals surface area contributed by atoms with Gasteiger partial charge in [-0.25, -0.2) is 13.4 Å². The van der Waals surface area contributed by atoms with Crippen LogP contribution in [0.2, 0.25) is 0 Å². The summed E-state index contributed by atoms with van der Waals surface area (Å²) in [6.07, 6.45) is 2.94. The van der Waals surface area contributed by atoms with Gasteiger partial charge in [-0.2, -0.15) is 0 Å². The van der Waals surface area contributed by atoms with Crippen molar-refractivity contribution in [2.45, 2.75) is 10.1 Å². The zero-order valence-electron chi connectivity index (χ0n) is 10.8. The van der Waals surface area contributed by atoms with Crippen LogP contribution in [0.5, 0.6) is 0 Å². The number of sulfone groups is 1. The maximum Gasteiger partial charge on any atom is 0.255 e. The molecular formula is C12H13N3O4S2. The molecule has 9 heteroatoms. The van der Waals surface area contributed by atoms with Gasteiger partial charge in [-0.3, -0.25) is 0 Å². The van der Waals surface area contributed by atoms with E-state index >= 15 is 0 Å². The predicted molar refractivity (Wildman–Crippen MR) is 78.2 cm³/mol. The molecule has 7 nitrogen and oxygen atoms in total. The van der Waals surface area contributed by atoms with Gasteiger partial charge < -0.3 is 15.4 Å². The Hall–Kier alpha value is -2.00. The van der Waals surface area contributed by atoms with Gasteiger partial charge in [0.25, 0.3) is 5.22 Å². The summed E-state index contributed by atoms with van der Waals surface area (Å²) in [7, 11) is -3.40. The Labute approximate surface area is 125 Å². The molecule has 0 bridgehead atoms. The fourth-order valence-corrected chi connectivity index (χ4v) is 3.96. The highest BCUT2D eigenvalue weighted by atomic mass is 32.2. The molecule has 0 atom stereocenters. The van der Waals surface area contributed by atoms with E-state index in [4.69, 9.17) is 15.4 Å². The molecule has 0 saturated heterocycles. The molecule has 0 radical (unpaired) electrons. The smallest absolute Gasteiger partial charge is 0.255 e. The highest BCUT2D eigenvalue weighted by Gasteiger charge is 2.15. The Morgan fingerprint density at radius 2 is 2.10 bits per heavy atom. The van der Waals surface area contributed by atoms with Crippen LogP contribution in [0.25, 0.3) is 0 Å². The first-order chi connectivity index (χ1) is 10.0. The summed E-state index contributed by atoms with van der Waals surface area (Å²) < 4.78 is 29.3. The lowest BCUT2D eigenvalue weighted by Crippen LogP contribution is -2.14. The molecule has 2 aromatic rings. The third kappa shape index (κ3) is 3.99. The first-order valence-electron chi connectivity index (χ1n) is 5.86. The first-order valence-corrected chi connectivity index (χ1v) is 8.50. The Bertz CT molecular complexity index is 709. The van der Waals surface area contributed by atoms with Gasteiger partial charge >= 0.3 is 0 Å². The van der Waals surface area contributed by atoms with Crippen molar-refractivity contribution in [3.8, 4) is 0 Å². The molecule has 0 aliphatic carbocycles. The molecule has 0 aliphatic rings. The normalized spacial score (nSPS) is 12.5. The second-order valence-corrected chi connectivity index (χ2v) is 7.13. The molecule has 0 unspecified atom stereocenters. The topological polar surface area (TPSA) is 119 Å². The second kappa shape index (κ2) is 6.64. The number of rotatable bonds is 6. The summed E-state index contributed by atoms with van der Waals surface area (Å²) in [6, 6.07) is 5.84. The lowest BCUT2D eigenvalue weighted by atomic mass is 10.2. The van der Waals surface area contributed by atoms with E-state index in [1.807, 2.05) is 0 Å². The lowest BCUT2D eigenvalue weighted by molar-refractivity contribution is 0.318. The van der Waals surface area contributed by atoms with Crippen molar-refractivity contribution in [2.75, 3.05) is 11.5 Å². The number of aromatic nitrogens is 1. The average Bonchev–Trinajstić information content (AvgIpc) is 2.99. The maximum absolute atomic E-state index is 12.1. The van der Waals surface area contributed by atoms with Crippen LogP contribution >= 0.6 is 11.8 Å². The van der Waals surface area contributed by atoms with E-state index in [-0.39, 0.29) is 16.5 Å². The Morgan fingerprint density at radius 3 is 2.67 bits per heavy atom. The zero-order valence-corrected chi connectivity index (χ0v) is 12.5. The number of benzene rings is 1. The van der Waals surface area contributed by atoms with Gasteiger partial charge in [0, 0.05) is 11.3 Å². The lowest BCUT2D eigenvalue weighted by Gasteiger charge is -2.04. The number of nitrogens with two attached hydrogens (primary N) is 1. The van der Waals surface area contributed by atoms with Crippen molar-refractivity contribution in [1.29, 1.82) is 0 Å². The predicted octanol–water partition coefficient (Wildman–Crippen LogP) is 1.34. The maximum atomic E-state index is 12.1. The molecule has 0 aliphatic heterocycles. The van der Waals surface area contributed by atoms with E-state index < -0.39 is 9.84 Å². The molecule has 0 saturated carbocycles. The van der Waals surface area contributed by atoms with Crippen molar-refractivity contribution in [2.24, 2.45) is 10.9 Å². The number of oxime groups is 1. The van der Waals surface area contributed by atoms with Crippen molar-refractivity contribution in [3.05, 3.63) is 42.3 Å². The molecule has 2 rings (SSSR count). The van der Waals surface area contributed by atoms with Crippen LogP contribution in [0.15, 0.2) is 56.4 Å². The van der Waals surface area contributed by atoms with Gasteiger partial charge in [0.1, 0.15) is 6.26 Å². The average molecular weight is 327 g/mol. The van der Waals surface area contributed by atoms with Crippen LogP contribution in [0.1, 0.15) is 5.56 Å². The largest absolute Gasteiger partial charge is 0.440 e. The highest BCUT2D eigenvalue weighted by Crippen LogP contribution is 2.18. The van der Waals surface area contributed by atoms with Crippen LogP contribution < -0.4 is 5.73 Å². The minimum Gasteiger partial charge on any atom is -0.440 e. The van der Waals surface area contributed by atoms with Crippen molar-refractivity contribution in [3.63, 3.8) is 0 Å². The van der Waals surface area contributed by atoms with Gasteiger partial charge in [-0.1, -0.05) is 16.9 Å². The van der Waals surface area contributed by atoms with E-state index in [1.165, 1.54) is 48.5 Å². The van der Waals surface area contributed by atoms with Gasteiger partial charge in [0.05, 0.1) is 16.8 Å². The Morgan fingerprint density at radius 1 is 1.38 bits per heavy atom. The van der Waals surface area contributed by atoms with E-state index in [9.17, 15) is 8.42 Å². The molecular weight excluding hydrogens is 314 g/mol. The highest BCUT2D eigenvalue weighted by molar-refractivity contribution is 8.00. The summed E-state index contributed by atoms with van der Waals surface area (Å²) in [5.41, 5.74) is 5.87. The summed E-state index contributed by atoms with van der Waals surface area (Å²) in [6.45, 7) is 0. The standard InChI is InChI=1S/C12H13N3O4S2/c13-11(15-16)9-1-3-10(4-2-9)21(17,18)8-7-20-12-14-5-6-19-12/h1-6,16H,7-8H2,(H2,13,15). The van der Waals surface area contributed by atoms with Gasteiger partial charge in [0.15, 0.2) is 15.7 Å². The zero-order chi connectivity index (χ0) is 15.3. The molecule has 21 heavy (non-hydrogen) atoms. The quantitative estimate of drug-likeness (QED) is 0.270. The Balaban J connectivity index is 2.02. The number of thioether (sulfide) groups is 1. The summed E-state index contributed by atoms with van der Waals surface area (Å²) in [5.74, 6) is 0.228. The molecule has 1 aromatic carbocycles. The van der Waals surface area contributed by atoms with Crippen molar-refractivity contribution < 1.29 is 18.0 Å². The summed E-state index contributed by atoms with van der Waals surface area (Å²) >= 11 is 1.23. The Kier molecular flexibility index (Phi) is 4.86. The fraction of sp³-hybridized carbons (Fsp3) is 0.167. The van der Waals surface area contributed by atoms with Crippen LogP contribution in [0.3, 0.4) is 0 Å². The SMILES string of the molecule is N/C(=N/O)c1ccc(S(=O)(=O)CCSc2ncco2)cc1. The number of amidine groups is 1. The summed E-state index contributed by atoms with van der Waals surface area (Å²) in [5, 5.41) is 11.8. The van der Waals surface area contributed by atoms with Gasteiger partial charge in [-0.15, -0.1) is 0 Å². The fourth-order valence-electron chi connectivity index (χ4n) is 1.53. The minimum absolute atomic E-state index is 0.0387. The monoisotopic (exact) mass is 327 g/mol. The van der Waals surface area contributed by atoms with Crippen LogP contribution in [0, 0.1) is 0 Å². The van der Waals surface area contributed by atoms with Crippen molar-refractivity contribution in [1.82, 2.24) is 4.98 Å². The number of nitrogens with zero attached hydrogens (tertiary/aromatic N) is 2. The van der Waals surface area contributed by atoms with Crippen LogP contribution in [0.4, 0.5) is 0 Å².